The molecule has 0 aliphatic carbocycles. The van der Waals surface area contributed by atoms with E-state index in [1.807, 2.05) is 13.0 Å². The normalized spacial score (nSPS) is 11.3. The highest BCUT2D eigenvalue weighted by atomic mass is 35.5. The van der Waals surface area contributed by atoms with Gasteiger partial charge >= 0.3 is 0 Å². The van der Waals surface area contributed by atoms with Crippen molar-refractivity contribution >= 4 is 27.3 Å². The molecule has 106 valence electrons. The van der Waals surface area contributed by atoms with Crippen LogP contribution in [-0.4, -0.2) is 13.5 Å². The molecule has 0 unspecified atom stereocenters. The van der Waals surface area contributed by atoms with E-state index in [1.54, 1.807) is 19.1 Å². The maximum absolute atomic E-state index is 12.4. The lowest BCUT2D eigenvalue weighted by atomic mass is 10.2. The molecule has 0 aliphatic heterocycles. The molecule has 2 aromatic carbocycles. The van der Waals surface area contributed by atoms with E-state index in [0.717, 1.165) is 5.56 Å². The number of hydrogen-bond acceptors (Lipinski definition) is 3. The lowest BCUT2D eigenvalue weighted by Gasteiger charge is -2.12. The summed E-state index contributed by atoms with van der Waals surface area (Å²) >= 11 is 5.71. The number of rotatable bonds is 3. The zero-order valence-electron chi connectivity index (χ0n) is 11.0. The van der Waals surface area contributed by atoms with Crippen LogP contribution in [0.3, 0.4) is 0 Å². The van der Waals surface area contributed by atoms with Gasteiger partial charge in [-0.1, -0.05) is 23.7 Å². The molecule has 0 aliphatic rings. The van der Waals surface area contributed by atoms with E-state index in [0.29, 0.717) is 10.6 Å². The lowest BCUT2D eigenvalue weighted by molar-refractivity contribution is 0.477. The zero-order valence-corrected chi connectivity index (χ0v) is 12.6. The molecule has 0 saturated carbocycles. The second-order valence-corrected chi connectivity index (χ2v) is 6.62. The van der Waals surface area contributed by atoms with Crippen molar-refractivity contribution in [1.82, 2.24) is 0 Å². The molecule has 0 amide bonds. The minimum absolute atomic E-state index is 0.0929. The van der Waals surface area contributed by atoms with Crippen LogP contribution >= 0.6 is 11.6 Å². The van der Waals surface area contributed by atoms with Crippen LogP contribution in [0.15, 0.2) is 41.3 Å². The van der Waals surface area contributed by atoms with Crippen LogP contribution < -0.4 is 4.72 Å². The molecule has 4 nitrogen and oxygen atoms in total. The molecular weight excluding hydrogens is 298 g/mol. The molecule has 6 heteroatoms. The summed E-state index contributed by atoms with van der Waals surface area (Å²) in [6, 6.07) is 9.37. The fraction of sp³-hybridized carbons (Fsp3) is 0.143. The SMILES string of the molecule is Cc1ccc(C)c(S(=O)(=O)Nc2ccc(Cl)cc2O)c1. The summed E-state index contributed by atoms with van der Waals surface area (Å²) < 4.78 is 27.1. The van der Waals surface area contributed by atoms with Crippen molar-refractivity contribution in [3.63, 3.8) is 0 Å². The van der Waals surface area contributed by atoms with Crippen LogP contribution in [0.25, 0.3) is 0 Å². The fourth-order valence-electron chi connectivity index (χ4n) is 1.79. The number of sulfonamides is 1. The van der Waals surface area contributed by atoms with Crippen molar-refractivity contribution in [1.29, 1.82) is 0 Å². The Morgan fingerprint density at radius 2 is 1.80 bits per heavy atom. The maximum Gasteiger partial charge on any atom is 0.262 e. The van der Waals surface area contributed by atoms with Crippen molar-refractivity contribution in [2.75, 3.05) is 4.72 Å². The molecule has 2 aromatic rings. The minimum atomic E-state index is -3.75. The Morgan fingerprint density at radius 1 is 1.10 bits per heavy atom. The first-order chi connectivity index (χ1) is 9.29. The van der Waals surface area contributed by atoms with Crippen LogP contribution in [0.2, 0.25) is 5.02 Å². The minimum Gasteiger partial charge on any atom is -0.506 e. The van der Waals surface area contributed by atoms with E-state index in [4.69, 9.17) is 11.6 Å². The lowest BCUT2D eigenvalue weighted by Crippen LogP contribution is -2.14. The number of benzene rings is 2. The van der Waals surface area contributed by atoms with Crippen molar-refractivity contribution < 1.29 is 13.5 Å². The standard InChI is InChI=1S/C14H14ClNO3S/c1-9-3-4-10(2)14(7-9)20(18,19)16-12-6-5-11(15)8-13(12)17/h3-8,16-17H,1-2H3. The summed E-state index contributed by atoms with van der Waals surface area (Å²) in [7, 11) is -3.75. The van der Waals surface area contributed by atoms with E-state index in [1.165, 1.54) is 18.2 Å². The van der Waals surface area contributed by atoms with E-state index < -0.39 is 10.0 Å². The summed E-state index contributed by atoms with van der Waals surface area (Å²) in [5.74, 6) is -0.216. The quantitative estimate of drug-likeness (QED) is 0.853. The van der Waals surface area contributed by atoms with Gasteiger partial charge in [-0.15, -0.1) is 0 Å². The molecule has 0 radical (unpaired) electrons. The van der Waals surface area contributed by atoms with Crippen molar-refractivity contribution in [2.24, 2.45) is 0 Å². The number of nitrogens with one attached hydrogen (secondary N) is 1. The van der Waals surface area contributed by atoms with E-state index in [9.17, 15) is 13.5 Å². The summed E-state index contributed by atoms with van der Waals surface area (Å²) in [6.07, 6.45) is 0. The maximum atomic E-state index is 12.4. The van der Waals surface area contributed by atoms with Crippen LogP contribution in [0.1, 0.15) is 11.1 Å². The van der Waals surface area contributed by atoms with E-state index >= 15 is 0 Å². The fourth-order valence-corrected chi connectivity index (χ4v) is 3.36. The molecule has 0 bridgehead atoms. The number of hydrogen-bond donors (Lipinski definition) is 2. The molecule has 0 spiro atoms. The molecule has 0 saturated heterocycles. The summed E-state index contributed by atoms with van der Waals surface area (Å²) in [4.78, 5) is 0.187. The van der Waals surface area contributed by atoms with Gasteiger partial charge in [-0.3, -0.25) is 4.72 Å². The first kappa shape index (κ1) is 14.7. The average molecular weight is 312 g/mol. The van der Waals surface area contributed by atoms with Crippen LogP contribution in [0.4, 0.5) is 5.69 Å². The highest BCUT2D eigenvalue weighted by Crippen LogP contribution is 2.29. The monoisotopic (exact) mass is 311 g/mol. The van der Waals surface area contributed by atoms with Gasteiger partial charge < -0.3 is 5.11 Å². The van der Waals surface area contributed by atoms with Crippen molar-refractivity contribution in [3.05, 3.63) is 52.5 Å². The number of aromatic hydroxyl groups is 1. The molecule has 0 heterocycles. The zero-order chi connectivity index (χ0) is 14.9. The first-order valence-electron chi connectivity index (χ1n) is 5.88. The molecule has 0 fully saturated rings. The Kier molecular flexibility index (Phi) is 3.92. The highest BCUT2D eigenvalue weighted by Gasteiger charge is 2.18. The number of aryl methyl sites for hydroxylation is 2. The number of anilines is 1. The van der Waals surface area contributed by atoms with Gasteiger partial charge in [0.05, 0.1) is 10.6 Å². The third kappa shape index (κ3) is 3.05. The molecular formula is C14H14ClNO3S. The summed E-state index contributed by atoms with van der Waals surface area (Å²) in [6.45, 7) is 3.54. The predicted octanol–water partition coefficient (Wildman–Crippen LogP) is 3.46. The largest absolute Gasteiger partial charge is 0.506 e. The number of halogens is 1. The number of phenols is 1. The molecule has 2 rings (SSSR count). The van der Waals surface area contributed by atoms with E-state index in [2.05, 4.69) is 4.72 Å². The van der Waals surface area contributed by atoms with Gasteiger partial charge in [0.1, 0.15) is 5.75 Å². The van der Waals surface area contributed by atoms with E-state index in [-0.39, 0.29) is 16.3 Å². The summed E-state index contributed by atoms with van der Waals surface area (Å²) in [5, 5.41) is 10.0. The van der Waals surface area contributed by atoms with Crippen LogP contribution in [0, 0.1) is 13.8 Å². The molecule has 20 heavy (non-hydrogen) atoms. The Morgan fingerprint density at radius 3 is 2.45 bits per heavy atom. The van der Waals surface area contributed by atoms with Crippen molar-refractivity contribution in [2.45, 2.75) is 18.7 Å². The molecule has 0 aromatic heterocycles. The third-order valence-electron chi connectivity index (χ3n) is 2.84. The van der Waals surface area contributed by atoms with Crippen molar-refractivity contribution in [3.8, 4) is 5.75 Å². The predicted molar refractivity (Wildman–Crippen MR) is 79.8 cm³/mol. The molecule has 2 N–H and O–H groups in total. The van der Waals surface area contributed by atoms with Gasteiger partial charge in [-0.25, -0.2) is 8.42 Å². The van der Waals surface area contributed by atoms with Gasteiger partial charge in [0.15, 0.2) is 0 Å². The topological polar surface area (TPSA) is 66.4 Å². The third-order valence-corrected chi connectivity index (χ3v) is 4.58. The van der Waals surface area contributed by atoms with Gasteiger partial charge in [-0.2, -0.15) is 0 Å². The van der Waals surface area contributed by atoms with Crippen LogP contribution in [-0.2, 0) is 10.0 Å². The highest BCUT2D eigenvalue weighted by molar-refractivity contribution is 7.92. The Bertz CT molecular complexity index is 757. The number of phenolic OH excluding ortho intramolecular Hbond substituents is 1. The Hall–Kier alpha value is -1.72. The molecule has 0 atom stereocenters. The summed E-state index contributed by atoms with van der Waals surface area (Å²) in [5.41, 5.74) is 1.57. The van der Waals surface area contributed by atoms with Gasteiger partial charge in [0, 0.05) is 11.1 Å². The van der Waals surface area contributed by atoms with Crippen LogP contribution in [0.5, 0.6) is 5.75 Å². The van der Waals surface area contributed by atoms with Gasteiger partial charge in [0.2, 0.25) is 0 Å². The van der Waals surface area contributed by atoms with Gasteiger partial charge in [0.25, 0.3) is 10.0 Å². The Balaban J connectivity index is 2.43. The second kappa shape index (κ2) is 5.34. The second-order valence-electron chi connectivity index (χ2n) is 4.54. The van der Waals surface area contributed by atoms with Gasteiger partial charge in [-0.05, 0) is 43.2 Å². The smallest absolute Gasteiger partial charge is 0.262 e. The first-order valence-corrected chi connectivity index (χ1v) is 7.74. The Labute approximate surface area is 123 Å². The average Bonchev–Trinajstić information content (AvgIpc) is 2.35.